The first kappa shape index (κ1) is 21.6. The van der Waals surface area contributed by atoms with Crippen molar-refractivity contribution in [3.05, 3.63) is 29.8 Å². The average molecular weight is 401 g/mol. The van der Waals surface area contributed by atoms with Gasteiger partial charge in [0.25, 0.3) is 0 Å². The zero-order valence-electron chi connectivity index (χ0n) is 18.4. The molecule has 0 bridgehead atoms. The van der Waals surface area contributed by atoms with E-state index in [1.807, 2.05) is 28.0 Å². The molecular weight excluding hydrogens is 364 g/mol. The SMILES string of the molecule is CC1CCCCN1C(=O)CN1CCN(C(=O)Nc2ccccc2C(C)(C)C)CC1. The molecule has 1 atom stereocenters. The third-order valence-electron chi connectivity index (χ3n) is 6.12. The van der Waals surface area contributed by atoms with Crippen molar-refractivity contribution in [2.24, 2.45) is 0 Å². The molecule has 0 saturated carbocycles. The molecule has 1 aromatic carbocycles. The highest BCUT2D eigenvalue weighted by molar-refractivity contribution is 5.90. The number of nitrogens with one attached hydrogen (secondary N) is 1. The summed E-state index contributed by atoms with van der Waals surface area (Å²) in [5.74, 6) is 0.231. The van der Waals surface area contributed by atoms with Gasteiger partial charge in [0.05, 0.1) is 6.54 Å². The Balaban J connectivity index is 1.51. The zero-order chi connectivity index (χ0) is 21.0. The summed E-state index contributed by atoms with van der Waals surface area (Å²) in [7, 11) is 0. The number of amides is 3. The number of rotatable bonds is 3. The second kappa shape index (κ2) is 9.16. The number of hydrogen-bond acceptors (Lipinski definition) is 3. The van der Waals surface area contributed by atoms with Crippen LogP contribution >= 0.6 is 0 Å². The monoisotopic (exact) mass is 400 g/mol. The first-order chi connectivity index (χ1) is 13.8. The fourth-order valence-corrected chi connectivity index (χ4v) is 4.30. The van der Waals surface area contributed by atoms with Crippen LogP contribution in [-0.2, 0) is 10.2 Å². The summed E-state index contributed by atoms with van der Waals surface area (Å²) >= 11 is 0. The van der Waals surface area contributed by atoms with Crippen LogP contribution in [0.3, 0.4) is 0 Å². The van der Waals surface area contributed by atoms with Crippen molar-refractivity contribution >= 4 is 17.6 Å². The van der Waals surface area contributed by atoms with Gasteiger partial charge in [0.15, 0.2) is 0 Å². The minimum atomic E-state index is -0.0580. The van der Waals surface area contributed by atoms with Gasteiger partial charge in [-0.15, -0.1) is 0 Å². The summed E-state index contributed by atoms with van der Waals surface area (Å²) in [5.41, 5.74) is 1.98. The van der Waals surface area contributed by atoms with Gasteiger partial charge < -0.3 is 15.1 Å². The number of piperazine rings is 1. The van der Waals surface area contributed by atoms with Crippen LogP contribution in [0, 0.1) is 0 Å². The number of anilines is 1. The van der Waals surface area contributed by atoms with Crippen LogP contribution in [0.5, 0.6) is 0 Å². The van der Waals surface area contributed by atoms with E-state index >= 15 is 0 Å². The van der Waals surface area contributed by atoms with Crippen LogP contribution in [0.25, 0.3) is 0 Å². The lowest BCUT2D eigenvalue weighted by molar-refractivity contribution is -0.136. The quantitative estimate of drug-likeness (QED) is 0.844. The van der Waals surface area contributed by atoms with Crippen LogP contribution in [0.2, 0.25) is 0 Å². The molecule has 1 N–H and O–H groups in total. The normalized spacial score (nSPS) is 21.2. The molecule has 2 aliphatic heterocycles. The second-order valence-corrected chi connectivity index (χ2v) is 9.42. The fourth-order valence-electron chi connectivity index (χ4n) is 4.30. The number of likely N-dealkylation sites (tertiary alicyclic amines) is 1. The van der Waals surface area contributed by atoms with Crippen molar-refractivity contribution < 1.29 is 9.59 Å². The summed E-state index contributed by atoms with van der Waals surface area (Å²) in [6.07, 6.45) is 3.44. The molecule has 0 aliphatic carbocycles. The average Bonchev–Trinajstić information content (AvgIpc) is 2.68. The predicted molar refractivity (Wildman–Crippen MR) is 117 cm³/mol. The van der Waals surface area contributed by atoms with E-state index < -0.39 is 0 Å². The Morgan fingerprint density at radius 1 is 1.03 bits per heavy atom. The number of carbonyl (C=O) groups excluding carboxylic acids is 2. The van der Waals surface area contributed by atoms with Gasteiger partial charge in [0.2, 0.25) is 5.91 Å². The maximum absolute atomic E-state index is 12.8. The Hall–Kier alpha value is -2.08. The summed E-state index contributed by atoms with van der Waals surface area (Å²) < 4.78 is 0. The lowest BCUT2D eigenvalue weighted by Crippen LogP contribution is -2.53. The molecule has 1 unspecified atom stereocenters. The maximum Gasteiger partial charge on any atom is 0.321 e. The highest BCUT2D eigenvalue weighted by atomic mass is 16.2. The Morgan fingerprint density at radius 3 is 2.38 bits per heavy atom. The smallest absolute Gasteiger partial charge is 0.321 e. The number of hydrogen-bond donors (Lipinski definition) is 1. The van der Waals surface area contributed by atoms with Gasteiger partial charge in [-0.05, 0) is 43.2 Å². The zero-order valence-corrected chi connectivity index (χ0v) is 18.4. The molecule has 6 nitrogen and oxygen atoms in total. The molecule has 2 aliphatic rings. The van der Waals surface area contributed by atoms with Crippen LogP contribution in [0.4, 0.5) is 10.5 Å². The van der Waals surface area contributed by atoms with Gasteiger partial charge in [-0.25, -0.2) is 4.79 Å². The first-order valence-electron chi connectivity index (χ1n) is 10.9. The number of carbonyl (C=O) groups is 2. The van der Waals surface area contributed by atoms with E-state index in [4.69, 9.17) is 0 Å². The van der Waals surface area contributed by atoms with E-state index in [0.717, 1.165) is 43.7 Å². The maximum atomic E-state index is 12.8. The van der Waals surface area contributed by atoms with Crippen LogP contribution in [0.15, 0.2) is 24.3 Å². The van der Waals surface area contributed by atoms with Gasteiger partial charge in [-0.2, -0.15) is 0 Å². The Morgan fingerprint density at radius 2 is 1.72 bits per heavy atom. The molecule has 160 valence electrons. The number of urea groups is 1. The predicted octanol–water partition coefficient (Wildman–Crippen LogP) is 3.53. The number of benzene rings is 1. The molecule has 3 amide bonds. The van der Waals surface area contributed by atoms with E-state index in [1.54, 1.807) is 0 Å². The molecule has 2 saturated heterocycles. The van der Waals surface area contributed by atoms with Gasteiger partial charge in [0, 0.05) is 44.5 Å². The molecular formula is C23H36N4O2. The van der Waals surface area contributed by atoms with E-state index in [-0.39, 0.29) is 17.4 Å². The second-order valence-electron chi connectivity index (χ2n) is 9.42. The summed E-state index contributed by atoms with van der Waals surface area (Å²) in [6, 6.07) is 8.29. The first-order valence-corrected chi connectivity index (χ1v) is 10.9. The Labute approximate surface area is 175 Å². The third kappa shape index (κ3) is 5.50. The lowest BCUT2D eigenvalue weighted by atomic mass is 9.86. The van der Waals surface area contributed by atoms with E-state index in [0.29, 0.717) is 25.7 Å². The summed E-state index contributed by atoms with van der Waals surface area (Å²) in [5, 5.41) is 3.09. The Kier molecular flexibility index (Phi) is 6.83. The molecule has 0 radical (unpaired) electrons. The molecule has 2 heterocycles. The minimum absolute atomic E-state index is 0.0332. The van der Waals surface area contributed by atoms with Crippen molar-refractivity contribution in [2.45, 2.75) is 58.4 Å². The van der Waals surface area contributed by atoms with Crippen molar-refractivity contribution in [3.8, 4) is 0 Å². The topological polar surface area (TPSA) is 55.9 Å². The number of para-hydroxylation sites is 1. The molecule has 0 spiro atoms. The lowest BCUT2D eigenvalue weighted by Gasteiger charge is -2.38. The number of nitrogens with zero attached hydrogens (tertiary/aromatic N) is 3. The summed E-state index contributed by atoms with van der Waals surface area (Å²) in [4.78, 5) is 31.5. The highest BCUT2D eigenvalue weighted by Gasteiger charge is 2.28. The molecule has 1 aromatic rings. The molecule has 2 fully saturated rings. The van der Waals surface area contributed by atoms with Gasteiger partial charge in [-0.3, -0.25) is 9.69 Å². The van der Waals surface area contributed by atoms with Gasteiger partial charge >= 0.3 is 6.03 Å². The van der Waals surface area contributed by atoms with E-state index in [9.17, 15) is 9.59 Å². The van der Waals surface area contributed by atoms with E-state index in [1.165, 1.54) is 6.42 Å². The Bertz CT molecular complexity index is 720. The molecule has 0 aromatic heterocycles. The van der Waals surface area contributed by atoms with Crippen molar-refractivity contribution in [1.29, 1.82) is 0 Å². The standard InChI is InChI=1S/C23H36N4O2/c1-18-9-7-8-12-27(18)21(28)17-25-13-15-26(16-14-25)22(29)24-20-11-6-5-10-19(20)23(2,3)4/h5-6,10-11,18H,7-9,12-17H2,1-4H3,(H,24,29). The van der Waals surface area contributed by atoms with Crippen molar-refractivity contribution in [2.75, 3.05) is 44.6 Å². The minimum Gasteiger partial charge on any atom is -0.339 e. The molecule has 29 heavy (non-hydrogen) atoms. The van der Waals surface area contributed by atoms with Crippen LogP contribution in [-0.4, -0.2) is 71.9 Å². The van der Waals surface area contributed by atoms with Gasteiger partial charge in [0.1, 0.15) is 0 Å². The third-order valence-corrected chi connectivity index (χ3v) is 6.12. The fraction of sp³-hybridized carbons (Fsp3) is 0.652. The van der Waals surface area contributed by atoms with Gasteiger partial charge in [-0.1, -0.05) is 39.0 Å². The largest absolute Gasteiger partial charge is 0.339 e. The van der Waals surface area contributed by atoms with Crippen molar-refractivity contribution in [1.82, 2.24) is 14.7 Å². The number of piperidine rings is 1. The van der Waals surface area contributed by atoms with Crippen molar-refractivity contribution in [3.63, 3.8) is 0 Å². The molecule has 3 rings (SSSR count). The van der Waals surface area contributed by atoms with Crippen LogP contribution in [0.1, 0.15) is 52.5 Å². The summed E-state index contributed by atoms with van der Waals surface area (Å²) in [6.45, 7) is 12.7. The molecule has 6 heteroatoms. The van der Waals surface area contributed by atoms with E-state index in [2.05, 4.69) is 44.0 Å². The van der Waals surface area contributed by atoms with Crippen LogP contribution < -0.4 is 5.32 Å². The highest BCUT2D eigenvalue weighted by Crippen LogP contribution is 2.29.